The maximum absolute atomic E-state index is 11.3. The maximum atomic E-state index is 11.3. The minimum atomic E-state index is -0.603. The first kappa shape index (κ1) is 16.0. The van der Waals surface area contributed by atoms with Crippen LogP contribution in [0.4, 0.5) is 0 Å². The topological polar surface area (TPSA) is 165 Å². The summed E-state index contributed by atoms with van der Waals surface area (Å²) >= 11 is 0. The molecular weight excluding hydrogens is 240 g/mol. The summed E-state index contributed by atoms with van der Waals surface area (Å²) in [5.41, 5.74) is 5.99. The molecule has 9 heteroatoms. The summed E-state index contributed by atoms with van der Waals surface area (Å²) in [4.78, 5) is 33.2. The van der Waals surface area contributed by atoms with Crippen molar-refractivity contribution in [3.8, 4) is 0 Å². The molecule has 0 aliphatic rings. The van der Waals surface area contributed by atoms with Crippen LogP contribution in [0.5, 0.6) is 0 Å². The molecule has 0 aromatic rings. The number of amides is 3. The van der Waals surface area contributed by atoms with Gasteiger partial charge in [0.1, 0.15) is 0 Å². The third kappa shape index (κ3) is 6.58. The fourth-order valence-electron chi connectivity index (χ4n) is 1.22. The summed E-state index contributed by atoms with van der Waals surface area (Å²) in [5, 5.41) is 0. The van der Waals surface area contributed by atoms with Crippen LogP contribution in [0.25, 0.3) is 0 Å². The first-order valence-electron chi connectivity index (χ1n) is 5.26. The molecule has 3 amide bonds. The van der Waals surface area contributed by atoms with E-state index >= 15 is 0 Å². The third-order valence-corrected chi connectivity index (χ3v) is 2.13. The van der Waals surface area contributed by atoms with Crippen LogP contribution in [0.2, 0.25) is 0 Å². The molecule has 9 N–H and O–H groups in total. The average molecular weight is 258 g/mol. The van der Waals surface area contributed by atoms with Crippen molar-refractivity contribution in [3.63, 3.8) is 0 Å². The summed E-state index contributed by atoms with van der Waals surface area (Å²) in [6.45, 7) is 0. The van der Waals surface area contributed by atoms with Crippen LogP contribution in [0.15, 0.2) is 11.6 Å². The van der Waals surface area contributed by atoms with Crippen LogP contribution in [-0.4, -0.2) is 17.7 Å². The summed E-state index contributed by atoms with van der Waals surface area (Å²) in [5.74, 6) is 13.3. The molecular formula is C9H18N6O3. The summed E-state index contributed by atoms with van der Waals surface area (Å²) < 4.78 is 0. The number of rotatable bonds is 7. The van der Waals surface area contributed by atoms with E-state index in [1.54, 1.807) is 0 Å². The van der Waals surface area contributed by atoms with E-state index in [0.29, 0.717) is 19.3 Å². The first-order chi connectivity index (χ1) is 8.54. The van der Waals surface area contributed by atoms with E-state index in [9.17, 15) is 14.4 Å². The molecule has 0 radical (unpaired) electrons. The van der Waals surface area contributed by atoms with Crippen molar-refractivity contribution in [2.75, 3.05) is 0 Å². The molecule has 0 saturated carbocycles. The Morgan fingerprint density at radius 1 is 0.889 bits per heavy atom. The van der Waals surface area contributed by atoms with Crippen molar-refractivity contribution in [2.45, 2.75) is 25.7 Å². The second-order valence-electron chi connectivity index (χ2n) is 3.43. The Morgan fingerprint density at radius 3 is 2.00 bits per heavy atom. The second-order valence-corrected chi connectivity index (χ2v) is 3.43. The highest BCUT2D eigenvalue weighted by molar-refractivity contribution is 6.00. The Labute approximate surface area is 104 Å². The minimum Gasteiger partial charge on any atom is -0.294 e. The van der Waals surface area contributed by atoms with Gasteiger partial charge in [0.25, 0.3) is 11.8 Å². The zero-order chi connectivity index (χ0) is 14.0. The SMILES string of the molecule is NNC(=O)C=C(CCCCC(=O)NN)C(=O)NN. The summed E-state index contributed by atoms with van der Waals surface area (Å²) in [7, 11) is 0. The van der Waals surface area contributed by atoms with E-state index in [1.165, 1.54) is 0 Å². The normalized spacial score (nSPS) is 10.7. The van der Waals surface area contributed by atoms with E-state index in [2.05, 4.69) is 0 Å². The van der Waals surface area contributed by atoms with Gasteiger partial charge in [-0.2, -0.15) is 0 Å². The van der Waals surface area contributed by atoms with Crippen LogP contribution in [0.1, 0.15) is 25.7 Å². The lowest BCUT2D eigenvalue weighted by atomic mass is 10.1. The second kappa shape index (κ2) is 9.10. The molecule has 0 aromatic carbocycles. The number of nitrogens with two attached hydrogens (primary N) is 3. The van der Waals surface area contributed by atoms with Gasteiger partial charge >= 0.3 is 0 Å². The third-order valence-electron chi connectivity index (χ3n) is 2.13. The number of carbonyl (C=O) groups excluding carboxylic acids is 3. The summed E-state index contributed by atoms with van der Waals surface area (Å²) in [6, 6.07) is 0. The van der Waals surface area contributed by atoms with Gasteiger partial charge in [-0.05, 0) is 19.3 Å². The van der Waals surface area contributed by atoms with E-state index in [0.717, 1.165) is 6.08 Å². The largest absolute Gasteiger partial charge is 0.294 e. The first-order valence-corrected chi connectivity index (χ1v) is 5.26. The number of unbranched alkanes of at least 4 members (excludes halogenated alkanes) is 1. The lowest BCUT2D eigenvalue weighted by Crippen LogP contribution is -2.34. The van der Waals surface area contributed by atoms with Crippen molar-refractivity contribution in [2.24, 2.45) is 17.5 Å². The molecule has 0 spiro atoms. The van der Waals surface area contributed by atoms with Gasteiger partial charge in [-0.3, -0.25) is 30.7 Å². The van der Waals surface area contributed by atoms with Gasteiger partial charge < -0.3 is 0 Å². The molecule has 0 aliphatic carbocycles. The van der Waals surface area contributed by atoms with Crippen LogP contribution in [0.3, 0.4) is 0 Å². The predicted molar refractivity (Wildman–Crippen MR) is 63.5 cm³/mol. The zero-order valence-electron chi connectivity index (χ0n) is 9.86. The molecule has 102 valence electrons. The minimum absolute atomic E-state index is 0.189. The predicted octanol–water partition coefficient (Wildman–Crippen LogP) is -2.56. The van der Waals surface area contributed by atoms with Crippen LogP contribution in [-0.2, 0) is 14.4 Å². The number of carbonyl (C=O) groups is 3. The van der Waals surface area contributed by atoms with E-state index in [1.807, 2.05) is 16.3 Å². The quantitative estimate of drug-likeness (QED) is 0.0966. The van der Waals surface area contributed by atoms with E-state index < -0.39 is 11.8 Å². The van der Waals surface area contributed by atoms with Gasteiger partial charge in [-0.15, -0.1) is 0 Å². The van der Waals surface area contributed by atoms with Crippen molar-refractivity contribution >= 4 is 17.7 Å². The Bertz CT molecular complexity index is 341. The van der Waals surface area contributed by atoms with Crippen molar-refractivity contribution in [1.29, 1.82) is 0 Å². The van der Waals surface area contributed by atoms with Crippen molar-refractivity contribution in [3.05, 3.63) is 11.6 Å². The molecule has 0 aromatic heterocycles. The molecule has 9 nitrogen and oxygen atoms in total. The van der Waals surface area contributed by atoms with E-state index in [-0.39, 0.29) is 17.9 Å². The lowest BCUT2D eigenvalue weighted by molar-refractivity contribution is -0.121. The van der Waals surface area contributed by atoms with Gasteiger partial charge in [-0.1, -0.05) is 0 Å². The van der Waals surface area contributed by atoms with Gasteiger partial charge in [-0.25, -0.2) is 17.5 Å². The van der Waals surface area contributed by atoms with Gasteiger partial charge in [0.15, 0.2) is 0 Å². The number of hydrogen-bond acceptors (Lipinski definition) is 6. The Morgan fingerprint density at radius 2 is 1.50 bits per heavy atom. The van der Waals surface area contributed by atoms with Gasteiger partial charge in [0, 0.05) is 18.1 Å². The number of hydrogen-bond donors (Lipinski definition) is 6. The highest BCUT2D eigenvalue weighted by Gasteiger charge is 2.10. The average Bonchev–Trinajstić information content (AvgIpc) is 2.40. The zero-order valence-corrected chi connectivity index (χ0v) is 9.86. The van der Waals surface area contributed by atoms with Gasteiger partial charge in [0.2, 0.25) is 5.91 Å². The van der Waals surface area contributed by atoms with E-state index in [4.69, 9.17) is 17.5 Å². The molecule has 18 heavy (non-hydrogen) atoms. The fourth-order valence-corrected chi connectivity index (χ4v) is 1.22. The highest BCUT2D eigenvalue weighted by Crippen LogP contribution is 2.09. The van der Waals surface area contributed by atoms with Crippen molar-refractivity contribution in [1.82, 2.24) is 16.3 Å². The van der Waals surface area contributed by atoms with Crippen LogP contribution >= 0.6 is 0 Å². The number of hydrazine groups is 3. The van der Waals surface area contributed by atoms with Crippen LogP contribution < -0.4 is 33.8 Å². The molecule has 0 atom stereocenters. The lowest BCUT2D eigenvalue weighted by Gasteiger charge is -2.05. The molecule has 0 saturated heterocycles. The molecule has 0 rings (SSSR count). The van der Waals surface area contributed by atoms with Gasteiger partial charge in [0.05, 0.1) is 0 Å². The standard InChI is InChI=1S/C9H18N6O3/c10-13-7(16)4-2-1-3-6(9(18)15-12)5-8(17)14-11/h5H,1-4,10-12H2,(H,13,16)(H,14,17)(H,15,18). The Hall–Kier alpha value is -1.97. The van der Waals surface area contributed by atoms with Crippen molar-refractivity contribution < 1.29 is 14.4 Å². The molecule has 0 fully saturated rings. The van der Waals surface area contributed by atoms with Crippen LogP contribution in [0, 0.1) is 0 Å². The summed E-state index contributed by atoms with van der Waals surface area (Å²) in [6.07, 6.45) is 2.67. The Balaban J connectivity index is 4.27. The molecule has 0 aliphatic heterocycles. The monoisotopic (exact) mass is 258 g/mol. The Kier molecular flexibility index (Phi) is 8.10. The molecule has 0 unspecified atom stereocenters. The molecule has 0 bridgehead atoms. The highest BCUT2D eigenvalue weighted by atomic mass is 16.2. The molecule has 0 heterocycles. The maximum Gasteiger partial charge on any atom is 0.261 e. The fraction of sp³-hybridized carbons (Fsp3) is 0.444. The smallest absolute Gasteiger partial charge is 0.261 e. The number of nitrogens with one attached hydrogen (secondary N) is 3.